The molecule has 0 spiro atoms. The summed E-state index contributed by atoms with van der Waals surface area (Å²) in [6.07, 6.45) is 0. The Morgan fingerprint density at radius 1 is 1.12 bits per heavy atom. The topological polar surface area (TPSA) is 75.7 Å². The van der Waals surface area contributed by atoms with Gasteiger partial charge < -0.3 is 5.32 Å². The summed E-state index contributed by atoms with van der Waals surface area (Å²) in [5.41, 5.74) is -0.228. The first-order valence-corrected chi connectivity index (χ1v) is 8.09. The van der Waals surface area contributed by atoms with Crippen LogP contribution in [-0.4, -0.2) is 33.0 Å². The van der Waals surface area contributed by atoms with E-state index in [2.05, 4.69) is 10.2 Å². The van der Waals surface area contributed by atoms with Crippen LogP contribution in [-0.2, 0) is 14.9 Å². The average Bonchev–Trinajstić information content (AvgIpc) is 2.57. The van der Waals surface area contributed by atoms with Crippen molar-refractivity contribution in [1.82, 2.24) is 4.47 Å². The van der Waals surface area contributed by atoms with Gasteiger partial charge in [-0.1, -0.05) is 4.47 Å². The third-order valence-corrected chi connectivity index (χ3v) is 4.88. The van der Waals surface area contributed by atoms with Gasteiger partial charge in [-0.2, -0.15) is 0 Å². The van der Waals surface area contributed by atoms with Crippen molar-refractivity contribution in [3.63, 3.8) is 0 Å². The van der Waals surface area contributed by atoms with E-state index < -0.39 is 27.6 Å². The molecule has 0 saturated carbocycles. The van der Waals surface area contributed by atoms with Crippen LogP contribution in [0.2, 0.25) is 0 Å². The molecule has 0 saturated heterocycles. The molecule has 2 aromatic carbocycles. The predicted octanol–water partition coefficient (Wildman–Crippen LogP) is 2.40. The lowest BCUT2D eigenvalue weighted by atomic mass is 10.2. The van der Waals surface area contributed by atoms with Crippen molar-refractivity contribution in [1.29, 1.82) is 0 Å². The molecule has 6 nitrogen and oxygen atoms in total. The number of nitrogens with one attached hydrogen (secondary N) is 1. The molecule has 0 aromatic heterocycles. The van der Waals surface area contributed by atoms with E-state index in [4.69, 9.17) is 0 Å². The Morgan fingerprint density at radius 3 is 2.33 bits per heavy atom. The van der Waals surface area contributed by atoms with Crippen molar-refractivity contribution >= 4 is 21.6 Å². The van der Waals surface area contributed by atoms with Crippen LogP contribution >= 0.6 is 0 Å². The minimum atomic E-state index is -3.83. The first-order chi connectivity index (χ1) is 11.3. The Bertz CT molecular complexity index is 854. The van der Waals surface area contributed by atoms with Gasteiger partial charge in [0.25, 0.3) is 15.9 Å². The van der Waals surface area contributed by atoms with E-state index in [9.17, 15) is 22.0 Å². The highest BCUT2D eigenvalue weighted by atomic mass is 32.2. The minimum Gasteiger partial charge on any atom is -0.319 e. The SMILES string of the molecule is CON(C)S(=O)(=O)c1ccc(C(=O)Nc2cc(F)ccc2F)cc1. The Morgan fingerprint density at radius 2 is 1.75 bits per heavy atom. The highest BCUT2D eigenvalue weighted by Gasteiger charge is 2.21. The van der Waals surface area contributed by atoms with E-state index in [0.717, 1.165) is 18.2 Å². The number of rotatable bonds is 5. The fourth-order valence-corrected chi connectivity index (χ4v) is 2.79. The molecule has 0 aliphatic heterocycles. The lowest BCUT2D eigenvalue weighted by molar-refractivity contribution is -0.0258. The molecule has 0 bridgehead atoms. The largest absolute Gasteiger partial charge is 0.319 e. The molecule has 0 unspecified atom stereocenters. The molecular weight excluding hydrogens is 342 g/mol. The van der Waals surface area contributed by atoms with Crippen LogP contribution in [0.25, 0.3) is 0 Å². The molecule has 0 heterocycles. The van der Waals surface area contributed by atoms with Gasteiger partial charge in [0.15, 0.2) is 0 Å². The second kappa shape index (κ2) is 7.04. The third-order valence-electron chi connectivity index (χ3n) is 3.19. The molecule has 1 amide bonds. The Kier molecular flexibility index (Phi) is 5.27. The molecule has 1 N–H and O–H groups in total. The number of nitrogens with zero attached hydrogens (tertiary/aromatic N) is 1. The van der Waals surface area contributed by atoms with Crippen molar-refractivity contribution < 1.29 is 26.8 Å². The molecule has 0 aliphatic carbocycles. The van der Waals surface area contributed by atoms with Gasteiger partial charge in [0, 0.05) is 18.7 Å². The van der Waals surface area contributed by atoms with Crippen LogP contribution < -0.4 is 5.32 Å². The number of hydrogen-bond donors (Lipinski definition) is 1. The smallest absolute Gasteiger partial charge is 0.264 e. The molecule has 0 fully saturated rings. The average molecular weight is 356 g/mol. The summed E-state index contributed by atoms with van der Waals surface area (Å²) >= 11 is 0. The molecule has 9 heteroatoms. The number of anilines is 1. The van der Waals surface area contributed by atoms with Gasteiger partial charge >= 0.3 is 0 Å². The van der Waals surface area contributed by atoms with E-state index >= 15 is 0 Å². The summed E-state index contributed by atoms with van der Waals surface area (Å²) in [5.74, 6) is -2.19. The van der Waals surface area contributed by atoms with Crippen molar-refractivity contribution in [3.05, 3.63) is 59.7 Å². The number of carbonyl (C=O) groups is 1. The van der Waals surface area contributed by atoms with E-state index in [1.54, 1.807) is 0 Å². The molecule has 2 rings (SSSR count). The second-order valence-corrected chi connectivity index (χ2v) is 6.64. The van der Waals surface area contributed by atoms with Gasteiger partial charge in [0.1, 0.15) is 11.6 Å². The zero-order valence-corrected chi connectivity index (χ0v) is 13.6. The maximum atomic E-state index is 13.5. The summed E-state index contributed by atoms with van der Waals surface area (Å²) < 4.78 is 51.3. The quantitative estimate of drug-likeness (QED) is 0.835. The van der Waals surface area contributed by atoms with Gasteiger partial charge in [-0.15, -0.1) is 0 Å². The maximum absolute atomic E-state index is 13.5. The summed E-state index contributed by atoms with van der Waals surface area (Å²) in [4.78, 5) is 16.6. The predicted molar refractivity (Wildman–Crippen MR) is 82.7 cm³/mol. The standard InChI is InChI=1S/C15H14F2N2O4S/c1-19(23-2)24(21,22)12-6-3-10(4-7-12)15(20)18-14-9-11(16)5-8-13(14)17/h3-9H,1-2H3,(H,18,20). The Hall–Kier alpha value is -2.36. The van der Waals surface area contributed by atoms with Crippen molar-refractivity contribution in [2.45, 2.75) is 4.90 Å². The van der Waals surface area contributed by atoms with E-state index in [1.165, 1.54) is 38.4 Å². The molecule has 0 aliphatic rings. The van der Waals surface area contributed by atoms with Crippen LogP contribution in [0.1, 0.15) is 10.4 Å². The van der Waals surface area contributed by atoms with E-state index in [-0.39, 0.29) is 16.1 Å². The van der Waals surface area contributed by atoms with Crippen LogP contribution in [0.15, 0.2) is 47.4 Å². The molecule has 24 heavy (non-hydrogen) atoms. The number of sulfonamides is 1. The van der Waals surface area contributed by atoms with Crippen molar-refractivity contribution in [3.8, 4) is 0 Å². The van der Waals surface area contributed by atoms with Gasteiger partial charge in [0.2, 0.25) is 0 Å². The number of carbonyl (C=O) groups excluding carboxylic acids is 1. The van der Waals surface area contributed by atoms with Crippen LogP contribution in [0, 0.1) is 11.6 Å². The number of benzene rings is 2. The minimum absolute atomic E-state index is 0.0812. The normalized spacial score (nSPS) is 11.5. The van der Waals surface area contributed by atoms with Gasteiger partial charge in [-0.3, -0.25) is 9.63 Å². The monoisotopic (exact) mass is 356 g/mol. The molecule has 2 aromatic rings. The summed E-state index contributed by atoms with van der Waals surface area (Å²) in [5, 5.41) is 2.22. The van der Waals surface area contributed by atoms with Crippen molar-refractivity contribution in [2.24, 2.45) is 0 Å². The summed E-state index contributed by atoms with van der Waals surface area (Å²) in [7, 11) is -1.41. The van der Waals surface area contributed by atoms with E-state index in [0.29, 0.717) is 4.47 Å². The first-order valence-electron chi connectivity index (χ1n) is 6.65. The van der Waals surface area contributed by atoms with Gasteiger partial charge in [-0.25, -0.2) is 17.2 Å². The number of hydrogen-bond acceptors (Lipinski definition) is 4. The lowest BCUT2D eigenvalue weighted by Crippen LogP contribution is -2.25. The zero-order valence-electron chi connectivity index (χ0n) is 12.8. The fourth-order valence-electron chi connectivity index (χ4n) is 1.81. The summed E-state index contributed by atoms with van der Waals surface area (Å²) in [6, 6.07) is 7.59. The first kappa shape index (κ1) is 18.0. The molecular formula is C15H14F2N2O4S. The third kappa shape index (κ3) is 3.75. The molecule has 128 valence electrons. The zero-order chi connectivity index (χ0) is 17.9. The van der Waals surface area contributed by atoms with Crippen LogP contribution in [0.5, 0.6) is 0 Å². The maximum Gasteiger partial charge on any atom is 0.264 e. The Balaban J connectivity index is 2.22. The van der Waals surface area contributed by atoms with E-state index in [1.807, 2.05) is 0 Å². The fraction of sp³-hybridized carbons (Fsp3) is 0.133. The van der Waals surface area contributed by atoms with Crippen molar-refractivity contribution in [2.75, 3.05) is 19.5 Å². The highest BCUT2D eigenvalue weighted by Crippen LogP contribution is 2.18. The number of halogens is 2. The lowest BCUT2D eigenvalue weighted by Gasteiger charge is -2.14. The molecule has 0 radical (unpaired) electrons. The van der Waals surface area contributed by atoms with Crippen LogP contribution in [0.4, 0.5) is 14.5 Å². The van der Waals surface area contributed by atoms with Gasteiger partial charge in [-0.05, 0) is 36.4 Å². The Labute approximate surface area is 137 Å². The second-order valence-electron chi connectivity index (χ2n) is 4.70. The molecule has 0 atom stereocenters. The number of hydroxylamine groups is 1. The van der Waals surface area contributed by atoms with Crippen LogP contribution in [0.3, 0.4) is 0 Å². The highest BCUT2D eigenvalue weighted by molar-refractivity contribution is 7.89. The number of amides is 1. The van der Waals surface area contributed by atoms with Gasteiger partial charge in [0.05, 0.1) is 17.7 Å². The summed E-state index contributed by atoms with van der Waals surface area (Å²) in [6.45, 7) is 0.